The summed E-state index contributed by atoms with van der Waals surface area (Å²) in [6.45, 7) is 5.45. The van der Waals surface area contributed by atoms with E-state index in [4.69, 9.17) is 0 Å². The topological polar surface area (TPSA) is 67.2 Å². The van der Waals surface area contributed by atoms with Crippen LogP contribution in [-0.4, -0.2) is 39.9 Å². The Kier molecular flexibility index (Phi) is 5.77. The van der Waals surface area contributed by atoms with E-state index in [1.165, 1.54) is 17.0 Å². The number of benzene rings is 1. The number of halogens is 1. The van der Waals surface area contributed by atoms with Gasteiger partial charge in [0.05, 0.1) is 12.1 Å². The second-order valence-electron chi connectivity index (χ2n) is 7.03. The van der Waals surface area contributed by atoms with Gasteiger partial charge >= 0.3 is 0 Å². The zero-order chi connectivity index (χ0) is 21.1. The Morgan fingerprint density at radius 1 is 1.14 bits per heavy atom. The van der Waals surface area contributed by atoms with Crippen LogP contribution in [-0.2, 0) is 4.79 Å². The molecule has 3 rings (SSSR count). The van der Waals surface area contributed by atoms with Gasteiger partial charge in [0.15, 0.2) is 0 Å². The maximum Gasteiger partial charge on any atom is 0.255 e. The van der Waals surface area contributed by atoms with Crippen LogP contribution < -0.4 is 5.32 Å². The number of amides is 2. The first-order valence-electron chi connectivity index (χ1n) is 9.19. The number of anilines is 1. The molecule has 2 heterocycles. The molecule has 0 unspecified atom stereocenters. The van der Waals surface area contributed by atoms with Crippen molar-refractivity contribution in [1.82, 2.24) is 14.5 Å². The molecule has 0 bridgehead atoms. The van der Waals surface area contributed by atoms with Crippen molar-refractivity contribution in [2.45, 2.75) is 20.8 Å². The summed E-state index contributed by atoms with van der Waals surface area (Å²) >= 11 is 0. The molecule has 0 saturated heterocycles. The van der Waals surface area contributed by atoms with Crippen LogP contribution in [0.3, 0.4) is 0 Å². The number of aryl methyl sites for hydroxylation is 2. The van der Waals surface area contributed by atoms with E-state index in [1.54, 1.807) is 44.4 Å². The average Bonchev–Trinajstić information content (AvgIpc) is 2.97. The van der Waals surface area contributed by atoms with E-state index in [9.17, 15) is 14.0 Å². The summed E-state index contributed by atoms with van der Waals surface area (Å²) in [6.07, 6.45) is 1.66. The number of likely N-dealkylation sites (N-methyl/N-ethyl adjacent to an activating group) is 1. The van der Waals surface area contributed by atoms with Gasteiger partial charge < -0.3 is 14.8 Å². The normalized spacial score (nSPS) is 10.7. The molecule has 2 aromatic heterocycles. The number of rotatable bonds is 5. The SMILES string of the molecule is Cc1ccc(NC(=O)CN(C)C(=O)c2cc(C)n(-c3cccc(F)c3)c2C)nc1. The highest BCUT2D eigenvalue weighted by Crippen LogP contribution is 2.22. The second kappa shape index (κ2) is 8.26. The van der Waals surface area contributed by atoms with Gasteiger partial charge in [-0.15, -0.1) is 0 Å². The van der Waals surface area contributed by atoms with Crippen molar-refractivity contribution in [2.75, 3.05) is 18.9 Å². The molecular formula is C22H23FN4O2. The van der Waals surface area contributed by atoms with E-state index >= 15 is 0 Å². The van der Waals surface area contributed by atoms with Gasteiger partial charge in [0, 0.05) is 30.3 Å². The van der Waals surface area contributed by atoms with Crippen LogP contribution in [0.2, 0.25) is 0 Å². The molecular weight excluding hydrogens is 371 g/mol. The van der Waals surface area contributed by atoms with Crippen LogP contribution in [0.1, 0.15) is 27.3 Å². The monoisotopic (exact) mass is 394 g/mol. The Bertz CT molecular complexity index is 1060. The molecule has 0 saturated carbocycles. The van der Waals surface area contributed by atoms with E-state index < -0.39 is 0 Å². The molecule has 7 heteroatoms. The highest BCUT2D eigenvalue weighted by Gasteiger charge is 2.21. The van der Waals surface area contributed by atoms with E-state index in [0.717, 1.165) is 11.3 Å². The number of nitrogens with one attached hydrogen (secondary N) is 1. The van der Waals surface area contributed by atoms with Crippen LogP contribution in [0, 0.1) is 26.6 Å². The third kappa shape index (κ3) is 4.51. The first kappa shape index (κ1) is 20.3. The minimum absolute atomic E-state index is 0.113. The quantitative estimate of drug-likeness (QED) is 0.718. The van der Waals surface area contributed by atoms with E-state index in [1.807, 2.05) is 24.5 Å². The first-order chi connectivity index (χ1) is 13.8. The van der Waals surface area contributed by atoms with Crippen molar-refractivity contribution in [2.24, 2.45) is 0 Å². The number of carbonyl (C=O) groups is 2. The molecule has 1 N–H and O–H groups in total. The van der Waals surface area contributed by atoms with Gasteiger partial charge in [0.2, 0.25) is 5.91 Å². The highest BCUT2D eigenvalue weighted by molar-refractivity contribution is 5.99. The smallest absolute Gasteiger partial charge is 0.255 e. The molecule has 6 nitrogen and oxygen atoms in total. The number of pyridine rings is 1. The molecule has 150 valence electrons. The van der Waals surface area contributed by atoms with Gasteiger partial charge in [-0.3, -0.25) is 9.59 Å². The Morgan fingerprint density at radius 3 is 2.55 bits per heavy atom. The minimum atomic E-state index is -0.346. The lowest BCUT2D eigenvalue weighted by Gasteiger charge is -2.17. The summed E-state index contributed by atoms with van der Waals surface area (Å²) in [4.78, 5) is 30.6. The summed E-state index contributed by atoms with van der Waals surface area (Å²) in [5.74, 6) is -0.531. The van der Waals surface area contributed by atoms with Crippen LogP contribution in [0.25, 0.3) is 5.69 Å². The summed E-state index contributed by atoms with van der Waals surface area (Å²) in [6, 6.07) is 11.5. The Balaban J connectivity index is 1.75. The fraction of sp³-hybridized carbons (Fsp3) is 0.227. The van der Waals surface area contributed by atoms with Crippen molar-refractivity contribution < 1.29 is 14.0 Å². The molecule has 3 aromatic rings. The predicted molar refractivity (Wildman–Crippen MR) is 110 cm³/mol. The van der Waals surface area contributed by atoms with Gasteiger partial charge in [-0.1, -0.05) is 12.1 Å². The van der Waals surface area contributed by atoms with Crippen molar-refractivity contribution in [3.05, 3.63) is 77.0 Å². The lowest BCUT2D eigenvalue weighted by atomic mass is 10.2. The van der Waals surface area contributed by atoms with E-state index in [-0.39, 0.29) is 24.2 Å². The Hall–Kier alpha value is -3.48. The Morgan fingerprint density at radius 2 is 1.90 bits per heavy atom. The van der Waals surface area contributed by atoms with Gasteiger partial charge in [0.25, 0.3) is 5.91 Å². The fourth-order valence-electron chi connectivity index (χ4n) is 3.21. The second-order valence-corrected chi connectivity index (χ2v) is 7.03. The molecule has 0 aliphatic carbocycles. The van der Waals surface area contributed by atoms with E-state index in [2.05, 4.69) is 10.3 Å². The van der Waals surface area contributed by atoms with Crippen LogP contribution in [0.4, 0.5) is 10.2 Å². The largest absolute Gasteiger partial charge is 0.332 e. The van der Waals surface area contributed by atoms with Gasteiger partial charge in [-0.05, 0) is 56.7 Å². The van der Waals surface area contributed by atoms with Gasteiger partial charge in [0.1, 0.15) is 11.6 Å². The zero-order valence-corrected chi connectivity index (χ0v) is 16.9. The molecule has 0 spiro atoms. The standard InChI is InChI=1S/C22H23FN4O2/c1-14-8-9-20(24-12-14)25-21(28)13-26(4)22(29)19-10-15(2)27(16(19)3)18-7-5-6-17(23)11-18/h5-12H,13H2,1-4H3,(H,24,25,28). The highest BCUT2D eigenvalue weighted by atomic mass is 19.1. The van der Waals surface area contributed by atoms with Crippen LogP contribution in [0.5, 0.6) is 0 Å². The summed E-state index contributed by atoms with van der Waals surface area (Å²) in [5.41, 5.74) is 3.59. The molecule has 0 aliphatic heterocycles. The van der Waals surface area contributed by atoms with Crippen molar-refractivity contribution in [3.63, 3.8) is 0 Å². The van der Waals surface area contributed by atoms with Crippen LogP contribution >= 0.6 is 0 Å². The molecule has 29 heavy (non-hydrogen) atoms. The number of nitrogens with zero attached hydrogens (tertiary/aromatic N) is 3. The fourth-order valence-corrected chi connectivity index (χ4v) is 3.21. The molecule has 0 radical (unpaired) electrons. The average molecular weight is 394 g/mol. The predicted octanol–water partition coefficient (Wildman–Crippen LogP) is 3.65. The molecule has 0 aliphatic rings. The summed E-state index contributed by atoms with van der Waals surface area (Å²) in [7, 11) is 1.57. The number of hydrogen-bond donors (Lipinski definition) is 1. The first-order valence-corrected chi connectivity index (χ1v) is 9.19. The molecule has 2 amide bonds. The van der Waals surface area contributed by atoms with Crippen molar-refractivity contribution in [3.8, 4) is 5.69 Å². The van der Waals surface area contributed by atoms with Crippen molar-refractivity contribution >= 4 is 17.6 Å². The Labute approximate surface area is 169 Å². The number of hydrogen-bond acceptors (Lipinski definition) is 3. The van der Waals surface area contributed by atoms with E-state index in [0.29, 0.717) is 22.8 Å². The lowest BCUT2D eigenvalue weighted by Crippen LogP contribution is -2.35. The third-order valence-electron chi connectivity index (χ3n) is 4.63. The number of carbonyl (C=O) groups excluding carboxylic acids is 2. The lowest BCUT2D eigenvalue weighted by molar-refractivity contribution is -0.116. The van der Waals surface area contributed by atoms with Gasteiger partial charge in [-0.25, -0.2) is 9.37 Å². The minimum Gasteiger partial charge on any atom is -0.332 e. The summed E-state index contributed by atoms with van der Waals surface area (Å²) in [5, 5.41) is 2.68. The van der Waals surface area contributed by atoms with Crippen molar-refractivity contribution in [1.29, 1.82) is 0 Å². The maximum atomic E-state index is 13.6. The molecule has 0 fully saturated rings. The molecule has 0 atom stereocenters. The zero-order valence-electron chi connectivity index (χ0n) is 16.9. The van der Waals surface area contributed by atoms with Gasteiger partial charge in [-0.2, -0.15) is 0 Å². The maximum absolute atomic E-state index is 13.6. The number of aromatic nitrogens is 2. The third-order valence-corrected chi connectivity index (χ3v) is 4.63. The molecule has 1 aromatic carbocycles. The summed E-state index contributed by atoms with van der Waals surface area (Å²) < 4.78 is 15.4. The van der Waals surface area contributed by atoms with Crippen LogP contribution in [0.15, 0.2) is 48.7 Å².